The van der Waals surface area contributed by atoms with Gasteiger partial charge in [0.2, 0.25) is 5.91 Å². The first-order valence-electron chi connectivity index (χ1n) is 9.32. The lowest BCUT2D eigenvalue weighted by molar-refractivity contribution is -0.367. The molecule has 0 bridgehead atoms. The average Bonchev–Trinajstić information content (AvgIpc) is 3.15. The first kappa shape index (κ1) is 19.2. The second kappa shape index (κ2) is 7.69. The van der Waals surface area contributed by atoms with Gasteiger partial charge in [0.05, 0.1) is 25.2 Å². The highest BCUT2D eigenvalue weighted by atomic mass is 19.4. The maximum atomic E-state index is 12.7. The van der Waals surface area contributed by atoms with E-state index in [0.717, 1.165) is 17.9 Å². The highest BCUT2D eigenvalue weighted by molar-refractivity contribution is 5.78. The number of fused-ring (bicyclic) bond motifs is 1. The van der Waals surface area contributed by atoms with Gasteiger partial charge in [0.15, 0.2) is 11.5 Å². The van der Waals surface area contributed by atoms with Gasteiger partial charge in [-0.1, -0.05) is 6.07 Å². The topological polar surface area (TPSA) is 76.7 Å². The van der Waals surface area contributed by atoms with Crippen LogP contribution in [-0.2, 0) is 17.5 Å². The molecule has 4 heterocycles. The number of nitrogens with one attached hydrogen (secondary N) is 2. The molecular formula is C19H20F3N6O+. The third kappa shape index (κ3) is 4.15. The predicted octanol–water partition coefficient (Wildman–Crippen LogP) is 2.09. The molecule has 29 heavy (non-hydrogen) atoms. The first-order chi connectivity index (χ1) is 13.9. The summed E-state index contributed by atoms with van der Waals surface area (Å²) in [6.07, 6.45) is -0.300. The summed E-state index contributed by atoms with van der Waals surface area (Å²) in [5, 5.41) is 11.1. The number of halogens is 3. The Morgan fingerprint density at radius 2 is 1.97 bits per heavy atom. The van der Waals surface area contributed by atoms with Crippen molar-refractivity contribution in [1.82, 2.24) is 19.9 Å². The van der Waals surface area contributed by atoms with E-state index in [4.69, 9.17) is 0 Å². The zero-order valence-corrected chi connectivity index (χ0v) is 15.5. The summed E-state index contributed by atoms with van der Waals surface area (Å²) in [6, 6.07) is 8.07. The lowest BCUT2D eigenvalue weighted by Gasteiger charge is -2.27. The average molecular weight is 405 g/mol. The van der Waals surface area contributed by atoms with Gasteiger partial charge in [0.1, 0.15) is 6.20 Å². The fourth-order valence-electron chi connectivity index (χ4n) is 3.49. The van der Waals surface area contributed by atoms with Crippen LogP contribution >= 0.6 is 0 Å². The quantitative estimate of drug-likeness (QED) is 0.721. The molecular weight excluding hydrogens is 385 g/mol. The van der Waals surface area contributed by atoms with Crippen LogP contribution in [0.5, 0.6) is 0 Å². The second-order valence-corrected chi connectivity index (χ2v) is 6.98. The number of hydrogen-bond donors (Lipinski definition) is 1. The normalized spacial score (nSPS) is 15.6. The number of pyridine rings is 2. The number of aromatic amines is 1. The van der Waals surface area contributed by atoms with Crippen LogP contribution in [0, 0.1) is 5.92 Å². The van der Waals surface area contributed by atoms with Gasteiger partial charge < -0.3 is 5.32 Å². The molecule has 0 radical (unpaired) electrons. The molecule has 1 aliphatic heterocycles. The van der Waals surface area contributed by atoms with Crippen molar-refractivity contribution in [2.24, 2.45) is 5.92 Å². The van der Waals surface area contributed by atoms with Gasteiger partial charge in [-0.3, -0.25) is 14.1 Å². The Morgan fingerprint density at radius 3 is 2.66 bits per heavy atom. The molecule has 0 aliphatic carbocycles. The van der Waals surface area contributed by atoms with E-state index in [-0.39, 0.29) is 18.4 Å². The lowest BCUT2D eigenvalue weighted by atomic mass is 9.96. The Kier molecular flexibility index (Phi) is 5.08. The molecule has 152 valence electrons. The third-order valence-electron chi connectivity index (χ3n) is 5.14. The number of carbonyl (C=O) groups is 1. The van der Waals surface area contributed by atoms with Crippen LogP contribution in [0.2, 0.25) is 0 Å². The summed E-state index contributed by atoms with van der Waals surface area (Å²) < 4.78 is 39.8. The molecule has 7 nitrogen and oxygen atoms in total. The smallest absolute Gasteiger partial charge is 0.349 e. The number of piperidine rings is 1. The predicted molar refractivity (Wildman–Crippen MR) is 97.8 cm³/mol. The molecule has 1 fully saturated rings. The van der Waals surface area contributed by atoms with Crippen molar-refractivity contribution in [3.8, 4) is 0 Å². The molecule has 1 saturated heterocycles. The number of nitrogens with zero attached hydrogens (tertiary/aromatic N) is 4. The van der Waals surface area contributed by atoms with Crippen molar-refractivity contribution >= 4 is 17.4 Å². The Bertz CT molecular complexity index is 993. The molecule has 0 spiro atoms. The minimum absolute atomic E-state index is 0.0475. The van der Waals surface area contributed by atoms with Gasteiger partial charge in [-0.25, -0.2) is 4.98 Å². The molecule has 0 saturated carbocycles. The SMILES string of the molecule is O=C(NCc1nnc2ccccn12)C1CCN(c2ccc(C(F)(F)F)c[nH+]2)CC1. The summed E-state index contributed by atoms with van der Waals surface area (Å²) in [7, 11) is 0. The third-order valence-corrected chi connectivity index (χ3v) is 5.14. The van der Waals surface area contributed by atoms with Gasteiger partial charge in [-0.15, -0.1) is 10.2 Å². The summed E-state index contributed by atoms with van der Waals surface area (Å²) in [6.45, 7) is 1.47. The molecule has 0 unspecified atom stereocenters. The van der Waals surface area contributed by atoms with Crippen molar-refractivity contribution in [3.63, 3.8) is 0 Å². The molecule has 0 atom stereocenters. The van der Waals surface area contributed by atoms with E-state index in [1.807, 2.05) is 33.7 Å². The van der Waals surface area contributed by atoms with Crippen molar-refractivity contribution < 1.29 is 22.9 Å². The highest BCUT2D eigenvalue weighted by Gasteiger charge is 2.33. The number of alkyl halides is 3. The summed E-state index contributed by atoms with van der Waals surface area (Å²) in [4.78, 5) is 17.2. The van der Waals surface area contributed by atoms with Crippen LogP contribution in [0.3, 0.4) is 0 Å². The monoisotopic (exact) mass is 405 g/mol. The fourth-order valence-corrected chi connectivity index (χ4v) is 3.49. The number of carbonyl (C=O) groups excluding carboxylic acids is 1. The molecule has 1 aliphatic rings. The molecule has 4 rings (SSSR count). The van der Waals surface area contributed by atoms with Crippen LogP contribution in [0.1, 0.15) is 24.2 Å². The second-order valence-electron chi connectivity index (χ2n) is 6.98. The number of H-pyrrole nitrogens is 1. The lowest BCUT2D eigenvalue weighted by Crippen LogP contribution is -2.42. The van der Waals surface area contributed by atoms with Gasteiger partial charge in [-0.05, 0) is 31.0 Å². The van der Waals surface area contributed by atoms with E-state index in [9.17, 15) is 18.0 Å². The molecule has 3 aromatic heterocycles. The fraction of sp³-hybridized carbons (Fsp3) is 0.368. The Balaban J connectivity index is 1.30. The van der Waals surface area contributed by atoms with E-state index >= 15 is 0 Å². The highest BCUT2D eigenvalue weighted by Crippen LogP contribution is 2.29. The summed E-state index contributed by atoms with van der Waals surface area (Å²) in [5.74, 6) is 1.09. The van der Waals surface area contributed by atoms with E-state index in [0.29, 0.717) is 37.6 Å². The number of aromatic nitrogens is 4. The number of hydrogen-bond acceptors (Lipinski definition) is 4. The van der Waals surface area contributed by atoms with Crippen LogP contribution in [0.4, 0.5) is 19.0 Å². The van der Waals surface area contributed by atoms with Crippen LogP contribution in [0.25, 0.3) is 5.65 Å². The van der Waals surface area contributed by atoms with Gasteiger partial charge in [0, 0.05) is 18.2 Å². The molecule has 1 amide bonds. The van der Waals surface area contributed by atoms with Crippen LogP contribution < -0.4 is 15.2 Å². The van der Waals surface area contributed by atoms with E-state index in [2.05, 4.69) is 20.5 Å². The Hall–Kier alpha value is -3.17. The van der Waals surface area contributed by atoms with E-state index in [1.165, 1.54) is 6.07 Å². The van der Waals surface area contributed by atoms with Crippen molar-refractivity contribution in [1.29, 1.82) is 0 Å². The standard InChI is InChI=1S/C19H19F3N6O/c20-19(21,22)14-4-5-15(23-11-14)27-9-6-13(7-10-27)18(29)24-12-17-26-25-16-3-1-2-8-28(16)17/h1-5,8,11,13H,6-7,9-10,12H2,(H,24,29)/p+1. The molecule has 3 aromatic rings. The largest absolute Gasteiger partial charge is 0.419 e. The van der Waals surface area contributed by atoms with Crippen molar-refractivity contribution in [2.45, 2.75) is 25.6 Å². The van der Waals surface area contributed by atoms with Gasteiger partial charge >= 0.3 is 6.18 Å². The summed E-state index contributed by atoms with van der Waals surface area (Å²) in [5.41, 5.74) is 0.00867. The van der Waals surface area contributed by atoms with Crippen molar-refractivity contribution in [3.05, 3.63) is 54.1 Å². The molecule has 10 heteroatoms. The maximum Gasteiger partial charge on any atom is 0.419 e. The molecule has 2 N–H and O–H groups in total. The zero-order valence-electron chi connectivity index (χ0n) is 15.5. The Morgan fingerprint density at radius 1 is 1.17 bits per heavy atom. The molecule has 0 aromatic carbocycles. The number of anilines is 1. The minimum Gasteiger partial charge on any atom is -0.349 e. The van der Waals surface area contributed by atoms with Crippen LogP contribution in [-0.4, -0.2) is 33.6 Å². The van der Waals surface area contributed by atoms with Crippen molar-refractivity contribution in [2.75, 3.05) is 18.0 Å². The van der Waals surface area contributed by atoms with Crippen LogP contribution in [0.15, 0.2) is 42.7 Å². The Labute approximate surface area is 164 Å². The minimum atomic E-state index is -4.37. The first-order valence-corrected chi connectivity index (χ1v) is 9.32. The maximum absolute atomic E-state index is 12.7. The van der Waals surface area contributed by atoms with E-state index < -0.39 is 11.7 Å². The zero-order chi connectivity index (χ0) is 20.4. The van der Waals surface area contributed by atoms with Gasteiger partial charge in [0.25, 0.3) is 5.82 Å². The summed E-state index contributed by atoms with van der Waals surface area (Å²) >= 11 is 0. The number of rotatable bonds is 4. The van der Waals surface area contributed by atoms with E-state index in [1.54, 1.807) is 0 Å². The number of amides is 1. The van der Waals surface area contributed by atoms with Gasteiger partial charge in [-0.2, -0.15) is 13.2 Å².